The number of carbonyl (C=O) groups excluding carboxylic acids is 1. The number of likely N-dealkylation sites (tertiary alicyclic amines) is 1. The normalized spacial score (nSPS) is 23.3. The molecule has 224 valence electrons. The molecule has 0 aliphatic carbocycles. The van der Waals surface area contributed by atoms with E-state index in [0.29, 0.717) is 50.8 Å². The Labute approximate surface area is 238 Å². The van der Waals surface area contributed by atoms with Crippen LogP contribution in [-0.2, 0) is 19.1 Å². The summed E-state index contributed by atoms with van der Waals surface area (Å²) in [6.45, 7) is 10.4. The Hall–Kier alpha value is -2.40. The van der Waals surface area contributed by atoms with Crippen LogP contribution in [0.25, 0.3) is 0 Å². The number of fused-ring (bicyclic) bond motifs is 1. The van der Waals surface area contributed by atoms with Crippen molar-refractivity contribution in [3.63, 3.8) is 0 Å². The van der Waals surface area contributed by atoms with Gasteiger partial charge in [-0.3, -0.25) is 14.5 Å². The van der Waals surface area contributed by atoms with Gasteiger partial charge >= 0.3 is 5.97 Å². The minimum atomic E-state index is -0.861. The molecule has 2 saturated heterocycles. The van der Waals surface area contributed by atoms with Gasteiger partial charge in [0.05, 0.1) is 25.7 Å². The van der Waals surface area contributed by atoms with E-state index in [9.17, 15) is 14.7 Å². The van der Waals surface area contributed by atoms with Gasteiger partial charge in [-0.2, -0.15) is 0 Å². The number of rotatable bonds is 14. The van der Waals surface area contributed by atoms with Crippen LogP contribution in [0.4, 0.5) is 0 Å². The lowest BCUT2D eigenvalue weighted by molar-refractivity contribution is -0.148. The van der Waals surface area contributed by atoms with Gasteiger partial charge in [0.1, 0.15) is 0 Å². The zero-order chi connectivity index (χ0) is 28.9. The minimum absolute atomic E-state index is 0.0545. The Kier molecular flexibility index (Phi) is 10.3. The first-order chi connectivity index (χ1) is 19.1. The highest BCUT2D eigenvalue weighted by Gasteiger charge is 2.50. The molecule has 10 nitrogen and oxygen atoms in total. The summed E-state index contributed by atoms with van der Waals surface area (Å²) in [5.74, 6) is -0.513. The van der Waals surface area contributed by atoms with Crippen molar-refractivity contribution in [2.75, 3.05) is 66.8 Å². The maximum Gasteiger partial charge on any atom is 0.308 e. The molecule has 1 N–H and O–H groups in total. The van der Waals surface area contributed by atoms with Crippen LogP contribution in [0.1, 0.15) is 57.9 Å². The number of carboxylic acid groups (broad SMARTS) is 1. The lowest BCUT2D eigenvalue weighted by Gasteiger charge is -2.37. The number of hydrogen-bond acceptors (Lipinski definition) is 8. The average Bonchev–Trinajstić information content (AvgIpc) is 3.66. The molecule has 0 bridgehead atoms. The SMILES string of the molecule is CCCCN(CCCN(C)C)C(=O)CN1CC(c2ccc3c(c2)OCO3)C(C(=O)O)C1CC(C)(C)C1OCCO1. The molecule has 3 aliphatic rings. The molecule has 3 heterocycles. The molecule has 0 saturated carbocycles. The second-order valence-corrected chi connectivity index (χ2v) is 12.2. The summed E-state index contributed by atoms with van der Waals surface area (Å²) in [6, 6.07) is 5.31. The lowest BCUT2D eigenvalue weighted by atomic mass is 9.77. The zero-order valence-electron chi connectivity index (χ0n) is 24.8. The van der Waals surface area contributed by atoms with Gasteiger partial charge in [0.2, 0.25) is 12.7 Å². The van der Waals surface area contributed by atoms with Gasteiger partial charge in [0, 0.05) is 37.0 Å². The third-order valence-corrected chi connectivity index (χ3v) is 8.36. The van der Waals surface area contributed by atoms with Crippen LogP contribution in [0.5, 0.6) is 11.5 Å². The summed E-state index contributed by atoms with van der Waals surface area (Å²) >= 11 is 0. The van der Waals surface area contributed by atoms with E-state index in [2.05, 4.69) is 30.6 Å². The number of ether oxygens (including phenoxy) is 4. The number of nitrogens with zero attached hydrogens (tertiary/aromatic N) is 3. The summed E-state index contributed by atoms with van der Waals surface area (Å²) in [7, 11) is 4.07. The largest absolute Gasteiger partial charge is 0.481 e. The van der Waals surface area contributed by atoms with Crippen LogP contribution in [0.15, 0.2) is 18.2 Å². The van der Waals surface area contributed by atoms with Gasteiger partial charge < -0.3 is 33.9 Å². The maximum atomic E-state index is 13.8. The van der Waals surface area contributed by atoms with Crippen LogP contribution < -0.4 is 9.47 Å². The molecule has 1 amide bonds. The first-order valence-corrected chi connectivity index (χ1v) is 14.6. The van der Waals surface area contributed by atoms with Gasteiger partial charge in [0.25, 0.3) is 0 Å². The number of amides is 1. The minimum Gasteiger partial charge on any atom is -0.481 e. The second kappa shape index (κ2) is 13.5. The number of carbonyl (C=O) groups is 2. The maximum absolute atomic E-state index is 13.8. The summed E-state index contributed by atoms with van der Waals surface area (Å²) in [5, 5.41) is 10.6. The fraction of sp³-hybridized carbons (Fsp3) is 0.733. The predicted molar refractivity (Wildman–Crippen MR) is 151 cm³/mol. The molecule has 4 rings (SSSR count). The van der Waals surface area contributed by atoms with Gasteiger partial charge in [-0.15, -0.1) is 0 Å². The Bertz CT molecular complexity index is 1010. The van der Waals surface area contributed by atoms with Gasteiger partial charge in [-0.25, -0.2) is 0 Å². The molecule has 0 radical (unpaired) electrons. The molecule has 10 heteroatoms. The highest BCUT2D eigenvalue weighted by atomic mass is 16.7. The quantitative estimate of drug-likeness (QED) is 0.367. The van der Waals surface area contributed by atoms with Gasteiger partial charge in [-0.1, -0.05) is 33.3 Å². The molecule has 3 aliphatic heterocycles. The first kappa shape index (κ1) is 30.6. The first-order valence-electron chi connectivity index (χ1n) is 14.6. The van der Waals surface area contributed by atoms with Crippen LogP contribution in [-0.4, -0.2) is 111 Å². The molecule has 0 spiro atoms. The van der Waals surface area contributed by atoms with Crippen LogP contribution in [0, 0.1) is 11.3 Å². The molecular formula is C30H47N3O7. The van der Waals surface area contributed by atoms with Crippen LogP contribution >= 0.6 is 0 Å². The zero-order valence-corrected chi connectivity index (χ0v) is 24.8. The van der Waals surface area contributed by atoms with Gasteiger partial charge in [0.15, 0.2) is 17.8 Å². The van der Waals surface area contributed by atoms with Crippen molar-refractivity contribution in [3.05, 3.63) is 23.8 Å². The van der Waals surface area contributed by atoms with E-state index >= 15 is 0 Å². The second-order valence-electron chi connectivity index (χ2n) is 12.2. The number of benzene rings is 1. The van der Waals surface area contributed by atoms with Crippen molar-refractivity contribution >= 4 is 11.9 Å². The third kappa shape index (κ3) is 7.26. The van der Waals surface area contributed by atoms with Crippen molar-refractivity contribution in [2.45, 2.75) is 64.7 Å². The topological polar surface area (TPSA) is 101 Å². The van der Waals surface area contributed by atoms with Crippen LogP contribution in [0.2, 0.25) is 0 Å². The van der Waals surface area contributed by atoms with Crippen molar-refractivity contribution < 1.29 is 33.6 Å². The average molecular weight is 562 g/mol. The lowest BCUT2D eigenvalue weighted by Crippen LogP contribution is -2.47. The highest BCUT2D eigenvalue weighted by Crippen LogP contribution is 2.46. The predicted octanol–water partition coefficient (Wildman–Crippen LogP) is 3.25. The van der Waals surface area contributed by atoms with E-state index in [0.717, 1.165) is 31.4 Å². The molecule has 1 aromatic rings. The molecule has 3 unspecified atom stereocenters. The smallest absolute Gasteiger partial charge is 0.308 e. The fourth-order valence-electron chi connectivity index (χ4n) is 6.23. The number of unbranched alkanes of at least 4 members (excludes halogenated alkanes) is 1. The monoisotopic (exact) mass is 561 g/mol. The van der Waals surface area contributed by atoms with Crippen molar-refractivity contribution in [1.82, 2.24) is 14.7 Å². The molecular weight excluding hydrogens is 514 g/mol. The van der Waals surface area contributed by atoms with E-state index in [1.807, 2.05) is 37.2 Å². The van der Waals surface area contributed by atoms with E-state index in [1.54, 1.807) is 0 Å². The van der Waals surface area contributed by atoms with Crippen molar-refractivity contribution in [1.29, 1.82) is 0 Å². The number of hydrogen-bond donors (Lipinski definition) is 1. The third-order valence-electron chi connectivity index (χ3n) is 8.36. The molecule has 0 aromatic heterocycles. The molecule has 40 heavy (non-hydrogen) atoms. The standard InChI is InChI=1S/C30H47N3O7/c1-6-7-12-32(13-8-11-31(4)5)26(34)19-33-18-22(21-9-10-24-25(16-21)40-20-39-24)27(28(35)36)23(33)17-30(2,3)29-37-14-15-38-29/h9-10,16,22-23,27,29H,6-8,11-15,17-20H2,1-5H3,(H,35,36). The van der Waals surface area contributed by atoms with E-state index < -0.39 is 23.6 Å². The molecule has 2 fully saturated rings. The van der Waals surface area contributed by atoms with E-state index in [-0.39, 0.29) is 31.2 Å². The summed E-state index contributed by atoms with van der Waals surface area (Å²) < 4.78 is 22.8. The van der Waals surface area contributed by atoms with E-state index in [4.69, 9.17) is 18.9 Å². The van der Waals surface area contributed by atoms with Crippen molar-refractivity contribution in [3.8, 4) is 11.5 Å². The number of aliphatic carboxylic acids is 1. The molecule has 1 aromatic carbocycles. The van der Waals surface area contributed by atoms with Crippen LogP contribution in [0.3, 0.4) is 0 Å². The molecule has 3 atom stereocenters. The van der Waals surface area contributed by atoms with E-state index in [1.165, 1.54) is 0 Å². The summed E-state index contributed by atoms with van der Waals surface area (Å²) in [4.78, 5) is 32.8. The number of carboxylic acids is 1. The summed E-state index contributed by atoms with van der Waals surface area (Å²) in [5.41, 5.74) is 0.449. The highest BCUT2D eigenvalue weighted by molar-refractivity contribution is 5.79. The van der Waals surface area contributed by atoms with Gasteiger partial charge in [-0.05, 0) is 57.6 Å². The fourth-order valence-corrected chi connectivity index (χ4v) is 6.23. The Morgan fingerprint density at radius 1 is 1.05 bits per heavy atom. The summed E-state index contributed by atoms with van der Waals surface area (Å²) in [6.07, 6.45) is 2.96. The Morgan fingerprint density at radius 2 is 1.75 bits per heavy atom. The Balaban J connectivity index is 1.60. The van der Waals surface area contributed by atoms with Crippen molar-refractivity contribution in [2.24, 2.45) is 11.3 Å². The Morgan fingerprint density at radius 3 is 2.42 bits per heavy atom.